The third kappa shape index (κ3) is 3.69. The molecule has 8 heteroatoms. The van der Waals surface area contributed by atoms with E-state index in [-0.39, 0.29) is 13.1 Å². The molecular weight excluding hydrogens is 280 g/mol. The summed E-state index contributed by atoms with van der Waals surface area (Å²) in [7, 11) is 0. The van der Waals surface area contributed by atoms with Gasteiger partial charge in [-0.15, -0.1) is 0 Å². The molecule has 1 aromatic carbocycles. The number of oxazole rings is 1. The lowest BCUT2D eigenvalue weighted by atomic mass is 10.3. The SMILES string of the molecule is O=C(O)CN(CCn1c(=O)oc2ccccc21)CC(=O)O. The van der Waals surface area contributed by atoms with Crippen molar-refractivity contribution in [2.75, 3.05) is 19.6 Å². The average Bonchev–Trinajstić information content (AvgIpc) is 2.70. The smallest absolute Gasteiger partial charge is 0.419 e. The van der Waals surface area contributed by atoms with Crippen molar-refractivity contribution in [3.63, 3.8) is 0 Å². The summed E-state index contributed by atoms with van der Waals surface area (Å²) < 4.78 is 6.40. The summed E-state index contributed by atoms with van der Waals surface area (Å²) in [5, 5.41) is 17.5. The Morgan fingerprint density at radius 1 is 1.14 bits per heavy atom. The van der Waals surface area contributed by atoms with E-state index in [1.165, 1.54) is 9.47 Å². The minimum absolute atomic E-state index is 0.113. The lowest BCUT2D eigenvalue weighted by molar-refractivity contribution is -0.141. The van der Waals surface area contributed by atoms with Crippen molar-refractivity contribution in [3.8, 4) is 0 Å². The van der Waals surface area contributed by atoms with Gasteiger partial charge in [0.2, 0.25) is 0 Å². The minimum Gasteiger partial charge on any atom is -0.480 e. The van der Waals surface area contributed by atoms with Gasteiger partial charge < -0.3 is 14.6 Å². The van der Waals surface area contributed by atoms with Gasteiger partial charge in [-0.25, -0.2) is 4.79 Å². The van der Waals surface area contributed by atoms with Crippen LogP contribution in [0.4, 0.5) is 0 Å². The van der Waals surface area contributed by atoms with Crippen molar-refractivity contribution in [2.24, 2.45) is 0 Å². The Balaban J connectivity index is 2.15. The largest absolute Gasteiger partial charge is 0.480 e. The minimum atomic E-state index is -1.12. The standard InChI is InChI=1S/C13H14N2O6/c16-11(17)7-14(8-12(18)19)5-6-15-9-3-1-2-4-10(9)21-13(15)20/h1-4H,5-8H2,(H,16,17)(H,18,19). The maximum Gasteiger partial charge on any atom is 0.419 e. The fraction of sp³-hybridized carbons (Fsp3) is 0.308. The van der Waals surface area contributed by atoms with Gasteiger partial charge in [0.05, 0.1) is 18.6 Å². The van der Waals surface area contributed by atoms with Crippen molar-refractivity contribution in [1.29, 1.82) is 0 Å². The number of para-hydroxylation sites is 2. The highest BCUT2D eigenvalue weighted by atomic mass is 16.4. The molecule has 0 radical (unpaired) electrons. The lowest BCUT2D eigenvalue weighted by Crippen LogP contribution is -2.37. The molecule has 0 aliphatic rings. The second kappa shape index (κ2) is 6.23. The number of hydrogen-bond acceptors (Lipinski definition) is 5. The van der Waals surface area contributed by atoms with Crippen LogP contribution in [0.1, 0.15) is 0 Å². The van der Waals surface area contributed by atoms with Crippen molar-refractivity contribution in [1.82, 2.24) is 9.47 Å². The third-order valence-corrected chi connectivity index (χ3v) is 2.93. The Hall–Kier alpha value is -2.61. The van der Waals surface area contributed by atoms with Crippen LogP contribution in [-0.2, 0) is 16.1 Å². The molecule has 112 valence electrons. The number of benzene rings is 1. The van der Waals surface area contributed by atoms with Crippen LogP contribution >= 0.6 is 0 Å². The Morgan fingerprint density at radius 2 is 1.76 bits per heavy atom. The third-order valence-electron chi connectivity index (χ3n) is 2.93. The molecule has 21 heavy (non-hydrogen) atoms. The molecule has 8 nitrogen and oxygen atoms in total. The fourth-order valence-electron chi connectivity index (χ4n) is 2.06. The lowest BCUT2D eigenvalue weighted by Gasteiger charge is -2.17. The van der Waals surface area contributed by atoms with Gasteiger partial charge in [-0.2, -0.15) is 0 Å². The van der Waals surface area contributed by atoms with E-state index in [0.29, 0.717) is 11.1 Å². The summed E-state index contributed by atoms with van der Waals surface area (Å²) in [6, 6.07) is 6.84. The van der Waals surface area contributed by atoms with E-state index in [2.05, 4.69) is 0 Å². The van der Waals surface area contributed by atoms with Gasteiger partial charge in [0.15, 0.2) is 5.58 Å². The van der Waals surface area contributed by atoms with Gasteiger partial charge in [0.1, 0.15) is 0 Å². The maximum atomic E-state index is 11.7. The van der Waals surface area contributed by atoms with Crippen LogP contribution in [-0.4, -0.2) is 51.3 Å². The number of carbonyl (C=O) groups is 2. The number of rotatable bonds is 7. The van der Waals surface area contributed by atoms with Gasteiger partial charge in [-0.3, -0.25) is 19.1 Å². The van der Waals surface area contributed by atoms with E-state index in [1.54, 1.807) is 24.3 Å². The molecule has 0 atom stereocenters. The summed E-state index contributed by atoms with van der Waals surface area (Å²) in [6.45, 7) is -0.549. The van der Waals surface area contributed by atoms with E-state index < -0.39 is 30.8 Å². The number of hydrogen-bond donors (Lipinski definition) is 2. The Morgan fingerprint density at radius 3 is 2.38 bits per heavy atom. The molecule has 0 aliphatic heterocycles. The average molecular weight is 294 g/mol. The van der Waals surface area contributed by atoms with Crippen molar-refractivity contribution in [3.05, 3.63) is 34.8 Å². The summed E-state index contributed by atoms with van der Waals surface area (Å²) in [6.07, 6.45) is 0. The molecule has 0 amide bonds. The van der Waals surface area contributed by atoms with E-state index >= 15 is 0 Å². The highest BCUT2D eigenvalue weighted by Crippen LogP contribution is 2.11. The molecule has 0 spiro atoms. The molecule has 2 rings (SSSR count). The zero-order valence-electron chi connectivity index (χ0n) is 11.1. The zero-order valence-corrected chi connectivity index (χ0v) is 11.1. The number of carboxylic acid groups (broad SMARTS) is 2. The molecule has 2 aromatic rings. The highest BCUT2D eigenvalue weighted by Gasteiger charge is 2.15. The first kappa shape index (κ1) is 14.8. The monoisotopic (exact) mass is 294 g/mol. The number of nitrogens with zero attached hydrogens (tertiary/aromatic N) is 2. The molecule has 2 N–H and O–H groups in total. The molecule has 0 aliphatic carbocycles. The van der Waals surface area contributed by atoms with E-state index in [0.717, 1.165) is 0 Å². The molecular formula is C13H14N2O6. The fourth-order valence-corrected chi connectivity index (χ4v) is 2.06. The van der Waals surface area contributed by atoms with Gasteiger partial charge in [-0.05, 0) is 12.1 Å². The van der Waals surface area contributed by atoms with Crippen LogP contribution in [0.5, 0.6) is 0 Å². The predicted octanol–water partition coefficient (Wildman–Crippen LogP) is 0.0657. The maximum absolute atomic E-state index is 11.7. The van der Waals surface area contributed by atoms with Gasteiger partial charge in [0, 0.05) is 13.1 Å². The van der Waals surface area contributed by atoms with Gasteiger partial charge in [0.25, 0.3) is 0 Å². The van der Waals surface area contributed by atoms with Crippen LogP contribution in [0.2, 0.25) is 0 Å². The topological polar surface area (TPSA) is 113 Å². The molecule has 1 aromatic heterocycles. The molecule has 0 fully saturated rings. The van der Waals surface area contributed by atoms with E-state index in [1.807, 2.05) is 0 Å². The molecule has 0 saturated heterocycles. The first-order chi connectivity index (χ1) is 9.97. The van der Waals surface area contributed by atoms with Crippen LogP contribution in [0.25, 0.3) is 11.1 Å². The Labute approximate surface area is 118 Å². The van der Waals surface area contributed by atoms with Crippen molar-refractivity contribution in [2.45, 2.75) is 6.54 Å². The number of carboxylic acids is 2. The quantitative estimate of drug-likeness (QED) is 0.742. The summed E-state index contributed by atoms with van der Waals surface area (Å²) in [5.41, 5.74) is 1.03. The molecule has 0 unspecified atom stereocenters. The molecule has 0 saturated carbocycles. The van der Waals surface area contributed by atoms with Crippen LogP contribution < -0.4 is 5.76 Å². The van der Waals surface area contributed by atoms with Crippen molar-refractivity contribution >= 4 is 23.0 Å². The summed E-state index contributed by atoms with van der Waals surface area (Å²) >= 11 is 0. The van der Waals surface area contributed by atoms with Gasteiger partial charge in [-0.1, -0.05) is 12.1 Å². The first-order valence-corrected chi connectivity index (χ1v) is 6.21. The zero-order chi connectivity index (χ0) is 15.4. The van der Waals surface area contributed by atoms with Crippen molar-refractivity contribution < 1.29 is 24.2 Å². The highest BCUT2D eigenvalue weighted by molar-refractivity contribution is 5.73. The second-order valence-electron chi connectivity index (χ2n) is 4.49. The van der Waals surface area contributed by atoms with Crippen LogP contribution in [0, 0.1) is 0 Å². The Kier molecular flexibility index (Phi) is 4.39. The second-order valence-corrected chi connectivity index (χ2v) is 4.49. The summed E-state index contributed by atoms with van der Waals surface area (Å²) in [4.78, 5) is 34.4. The number of fused-ring (bicyclic) bond motifs is 1. The van der Waals surface area contributed by atoms with E-state index in [4.69, 9.17) is 14.6 Å². The summed E-state index contributed by atoms with van der Waals surface area (Å²) in [5.74, 6) is -2.80. The predicted molar refractivity (Wildman–Crippen MR) is 72.2 cm³/mol. The van der Waals surface area contributed by atoms with Gasteiger partial charge >= 0.3 is 17.7 Å². The molecule has 1 heterocycles. The Bertz CT molecular complexity index is 701. The number of aromatic nitrogens is 1. The van der Waals surface area contributed by atoms with E-state index in [9.17, 15) is 14.4 Å². The first-order valence-electron chi connectivity index (χ1n) is 6.21. The van der Waals surface area contributed by atoms with Crippen LogP contribution in [0.3, 0.4) is 0 Å². The number of aliphatic carboxylic acids is 2. The van der Waals surface area contributed by atoms with Crippen LogP contribution in [0.15, 0.2) is 33.5 Å². The normalized spacial score (nSPS) is 11.1. The molecule has 0 bridgehead atoms.